The zero-order valence-electron chi connectivity index (χ0n) is 13.8. The van der Waals surface area contributed by atoms with Crippen molar-refractivity contribution < 1.29 is 0 Å². The highest BCUT2D eigenvalue weighted by Gasteiger charge is 2.20. The van der Waals surface area contributed by atoms with Gasteiger partial charge in [0, 0.05) is 26.2 Å². The summed E-state index contributed by atoms with van der Waals surface area (Å²) in [6, 6.07) is 0. The van der Waals surface area contributed by atoms with Gasteiger partial charge in [-0.1, -0.05) is 6.92 Å². The highest BCUT2D eigenvalue weighted by Crippen LogP contribution is 2.18. The van der Waals surface area contributed by atoms with Crippen molar-refractivity contribution in [3.8, 4) is 0 Å². The number of likely N-dealkylation sites (tertiary alicyclic amines) is 2. The van der Waals surface area contributed by atoms with Crippen LogP contribution >= 0.6 is 24.0 Å². The molecule has 2 rings (SSSR count). The summed E-state index contributed by atoms with van der Waals surface area (Å²) in [5, 5.41) is 3.46. The molecule has 2 aliphatic heterocycles. The van der Waals surface area contributed by atoms with Gasteiger partial charge in [-0.05, 0) is 64.6 Å². The highest BCUT2D eigenvalue weighted by molar-refractivity contribution is 14.0. The van der Waals surface area contributed by atoms with E-state index < -0.39 is 0 Å². The van der Waals surface area contributed by atoms with E-state index in [1.54, 1.807) is 0 Å². The van der Waals surface area contributed by atoms with Crippen LogP contribution in [0, 0.1) is 5.92 Å². The Kier molecular flexibility index (Phi) is 9.64. The minimum absolute atomic E-state index is 0. The Hall–Kier alpha value is -0.0400. The minimum atomic E-state index is 0. The number of piperidine rings is 1. The van der Waals surface area contributed by atoms with E-state index in [0.717, 1.165) is 25.0 Å². The van der Waals surface area contributed by atoms with Gasteiger partial charge >= 0.3 is 0 Å². The third-order valence-electron chi connectivity index (χ3n) is 4.49. The molecule has 4 nitrogen and oxygen atoms in total. The molecule has 2 heterocycles. The average Bonchev–Trinajstić information content (AvgIpc) is 2.99. The molecule has 0 saturated carbocycles. The first kappa shape index (κ1) is 19.0. The Morgan fingerprint density at radius 3 is 2.33 bits per heavy atom. The van der Waals surface area contributed by atoms with Gasteiger partial charge in [0.25, 0.3) is 0 Å². The summed E-state index contributed by atoms with van der Waals surface area (Å²) in [5.41, 5.74) is 0. The summed E-state index contributed by atoms with van der Waals surface area (Å²) in [4.78, 5) is 9.93. The van der Waals surface area contributed by atoms with Crippen molar-refractivity contribution in [2.75, 3.05) is 45.8 Å². The molecular formula is C16H33IN4. The molecular weight excluding hydrogens is 375 g/mol. The van der Waals surface area contributed by atoms with Gasteiger partial charge < -0.3 is 15.1 Å². The van der Waals surface area contributed by atoms with Gasteiger partial charge in [-0.25, -0.2) is 0 Å². The third kappa shape index (κ3) is 6.30. The predicted molar refractivity (Wildman–Crippen MR) is 102 cm³/mol. The van der Waals surface area contributed by atoms with E-state index in [-0.39, 0.29) is 24.0 Å². The minimum Gasteiger partial charge on any atom is -0.357 e. The van der Waals surface area contributed by atoms with Gasteiger partial charge in [0.05, 0.1) is 0 Å². The van der Waals surface area contributed by atoms with E-state index in [1.807, 2.05) is 0 Å². The zero-order valence-corrected chi connectivity index (χ0v) is 16.1. The summed E-state index contributed by atoms with van der Waals surface area (Å²) in [5.74, 6) is 1.94. The largest absolute Gasteiger partial charge is 0.357 e. The first-order valence-corrected chi connectivity index (χ1v) is 8.59. The first-order valence-electron chi connectivity index (χ1n) is 8.59. The second-order valence-electron chi connectivity index (χ2n) is 6.17. The molecule has 0 atom stereocenters. The lowest BCUT2D eigenvalue weighted by Crippen LogP contribution is -2.40. The van der Waals surface area contributed by atoms with E-state index in [4.69, 9.17) is 4.99 Å². The number of nitrogens with one attached hydrogen (secondary N) is 1. The number of halogens is 1. The monoisotopic (exact) mass is 408 g/mol. The second-order valence-corrected chi connectivity index (χ2v) is 6.17. The molecule has 0 bridgehead atoms. The molecule has 0 unspecified atom stereocenters. The first-order chi connectivity index (χ1) is 9.83. The number of guanidine groups is 1. The summed E-state index contributed by atoms with van der Waals surface area (Å²) < 4.78 is 0. The fourth-order valence-corrected chi connectivity index (χ4v) is 3.28. The maximum atomic E-state index is 4.90. The lowest BCUT2D eigenvalue weighted by molar-refractivity contribution is 0.188. The Morgan fingerprint density at radius 1 is 1.10 bits per heavy atom. The van der Waals surface area contributed by atoms with Gasteiger partial charge in [-0.3, -0.25) is 4.99 Å². The molecule has 0 aromatic rings. The molecule has 21 heavy (non-hydrogen) atoms. The van der Waals surface area contributed by atoms with Crippen molar-refractivity contribution in [3.63, 3.8) is 0 Å². The Morgan fingerprint density at radius 2 is 1.76 bits per heavy atom. The molecule has 2 fully saturated rings. The maximum Gasteiger partial charge on any atom is 0.193 e. The third-order valence-corrected chi connectivity index (χ3v) is 4.49. The quantitative estimate of drug-likeness (QED) is 0.431. The van der Waals surface area contributed by atoms with Crippen LogP contribution in [0.4, 0.5) is 0 Å². The molecule has 0 aliphatic carbocycles. The van der Waals surface area contributed by atoms with Gasteiger partial charge in [0.1, 0.15) is 0 Å². The second kappa shape index (κ2) is 10.6. The number of rotatable bonds is 5. The predicted octanol–water partition coefficient (Wildman–Crippen LogP) is 2.79. The average molecular weight is 408 g/mol. The van der Waals surface area contributed by atoms with Crippen molar-refractivity contribution in [3.05, 3.63) is 0 Å². The van der Waals surface area contributed by atoms with Crippen LogP contribution in [0.2, 0.25) is 0 Å². The molecule has 0 aromatic heterocycles. The molecule has 2 saturated heterocycles. The SMILES string of the molecule is CCCN1CCC(CN=C(NCC)N2CCCC2)CC1.I. The Labute approximate surface area is 147 Å². The van der Waals surface area contributed by atoms with Gasteiger partial charge in [0.2, 0.25) is 0 Å². The number of nitrogens with zero attached hydrogens (tertiary/aromatic N) is 3. The van der Waals surface area contributed by atoms with Gasteiger partial charge in [-0.15, -0.1) is 24.0 Å². The van der Waals surface area contributed by atoms with Crippen molar-refractivity contribution in [2.24, 2.45) is 10.9 Å². The lowest BCUT2D eigenvalue weighted by Gasteiger charge is -2.31. The van der Waals surface area contributed by atoms with Crippen LogP contribution in [0.5, 0.6) is 0 Å². The molecule has 0 spiro atoms. The van der Waals surface area contributed by atoms with Crippen LogP contribution in [0.1, 0.15) is 46.0 Å². The summed E-state index contributed by atoms with van der Waals surface area (Å²) >= 11 is 0. The normalized spacial score (nSPS) is 21.4. The Bertz CT molecular complexity index is 295. The zero-order chi connectivity index (χ0) is 14.2. The molecule has 0 radical (unpaired) electrons. The van der Waals surface area contributed by atoms with Crippen molar-refractivity contribution in [1.82, 2.24) is 15.1 Å². The van der Waals surface area contributed by atoms with Gasteiger partial charge in [-0.2, -0.15) is 0 Å². The highest BCUT2D eigenvalue weighted by atomic mass is 127. The van der Waals surface area contributed by atoms with E-state index in [9.17, 15) is 0 Å². The fraction of sp³-hybridized carbons (Fsp3) is 0.938. The van der Waals surface area contributed by atoms with Crippen LogP contribution in [0.15, 0.2) is 4.99 Å². The van der Waals surface area contributed by atoms with E-state index >= 15 is 0 Å². The summed E-state index contributed by atoms with van der Waals surface area (Å²) in [7, 11) is 0. The van der Waals surface area contributed by atoms with E-state index in [2.05, 4.69) is 29.0 Å². The van der Waals surface area contributed by atoms with Crippen molar-refractivity contribution in [1.29, 1.82) is 0 Å². The van der Waals surface area contributed by atoms with E-state index in [0.29, 0.717) is 0 Å². The lowest BCUT2D eigenvalue weighted by atomic mass is 9.97. The number of hydrogen-bond acceptors (Lipinski definition) is 2. The van der Waals surface area contributed by atoms with Gasteiger partial charge in [0.15, 0.2) is 5.96 Å². The topological polar surface area (TPSA) is 30.9 Å². The molecule has 1 N–H and O–H groups in total. The Balaban J connectivity index is 0.00000220. The van der Waals surface area contributed by atoms with Crippen LogP contribution in [-0.4, -0.2) is 61.6 Å². The smallest absolute Gasteiger partial charge is 0.193 e. The number of aliphatic imine (C=N–C) groups is 1. The summed E-state index contributed by atoms with van der Waals surface area (Å²) in [6.07, 6.45) is 6.56. The van der Waals surface area contributed by atoms with Crippen LogP contribution in [-0.2, 0) is 0 Å². The molecule has 2 aliphatic rings. The maximum absolute atomic E-state index is 4.90. The molecule has 0 amide bonds. The van der Waals surface area contributed by atoms with E-state index in [1.165, 1.54) is 64.8 Å². The van der Waals surface area contributed by atoms with Crippen LogP contribution < -0.4 is 5.32 Å². The van der Waals surface area contributed by atoms with Crippen molar-refractivity contribution >= 4 is 29.9 Å². The fourth-order valence-electron chi connectivity index (χ4n) is 3.28. The summed E-state index contributed by atoms with van der Waals surface area (Å²) in [6.45, 7) is 12.6. The standard InChI is InChI=1S/C16H32N4.HI/c1-3-9-19-12-7-15(8-13-19)14-18-16(17-4-2)20-10-5-6-11-20;/h15H,3-14H2,1-2H3,(H,17,18);1H. The number of hydrogen-bond donors (Lipinski definition) is 1. The molecule has 5 heteroatoms. The molecule has 0 aromatic carbocycles. The van der Waals surface area contributed by atoms with Crippen LogP contribution in [0.25, 0.3) is 0 Å². The van der Waals surface area contributed by atoms with Crippen molar-refractivity contribution in [2.45, 2.75) is 46.0 Å². The van der Waals surface area contributed by atoms with Crippen LogP contribution in [0.3, 0.4) is 0 Å². The molecule has 124 valence electrons.